The van der Waals surface area contributed by atoms with Crippen molar-refractivity contribution in [1.29, 1.82) is 0 Å². The third-order valence-electron chi connectivity index (χ3n) is 5.63. The summed E-state index contributed by atoms with van der Waals surface area (Å²) in [6.07, 6.45) is 9.64. The molecular weight excluding hydrogens is 388 g/mol. The van der Waals surface area contributed by atoms with E-state index in [1.807, 2.05) is 49.4 Å². The molecule has 0 unspecified atom stereocenters. The average Bonchev–Trinajstić information content (AvgIpc) is 2.77. The highest BCUT2D eigenvalue weighted by atomic mass is 16.5. The number of fused-ring (bicyclic) bond motifs is 1. The Morgan fingerprint density at radius 3 is 2.84 bits per heavy atom. The molecule has 5 nitrogen and oxygen atoms in total. The Morgan fingerprint density at radius 2 is 2.03 bits per heavy atom. The Hall–Kier alpha value is -3.34. The van der Waals surface area contributed by atoms with Crippen LogP contribution < -0.4 is 15.0 Å². The van der Waals surface area contributed by atoms with Crippen LogP contribution in [0.15, 0.2) is 65.9 Å². The van der Waals surface area contributed by atoms with Crippen molar-refractivity contribution >= 4 is 23.6 Å². The lowest BCUT2D eigenvalue weighted by Crippen LogP contribution is -2.44. The van der Waals surface area contributed by atoms with Gasteiger partial charge in [0.1, 0.15) is 6.54 Å². The van der Waals surface area contributed by atoms with Gasteiger partial charge in [0.15, 0.2) is 11.5 Å². The van der Waals surface area contributed by atoms with Gasteiger partial charge in [0, 0.05) is 6.54 Å². The smallest absolute Gasteiger partial charge is 0.294 e. The van der Waals surface area contributed by atoms with E-state index in [2.05, 4.69) is 11.4 Å². The summed E-state index contributed by atoms with van der Waals surface area (Å²) in [5.74, 6) is 0.298. The zero-order valence-corrected chi connectivity index (χ0v) is 17.9. The third kappa shape index (κ3) is 5.23. The van der Waals surface area contributed by atoms with E-state index in [0.717, 1.165) is 30.4 Å². The Morgan fingerprint density at radius 1 is 1.16 bits per heavy atom. The fourth-order valence-electron chi connectivity index (χ4n) is 4.02. The highest BCUT2D eigenvalue weighted by Gasteiger charge is 2.31. The molecule has 2 amide bonds. The summed E-state index contributed by atoms with van der Waals surface area (Å²) in [4.78, 5) is 27.3. The van der Waals surface area contributed by atoms with Crippen LogP contribution in [0, 0.1) is 6.92 Å². The summed E-state index contributed by atoms with van der Waals surface area (Å²) in [6, 6.07) is 15.2. The number of aryl methyl sites for hydroxylation is 1. The minimum Gasteiger partial charge on any atom is -0.449 e. The third-order valence-corrected chi connectivity index (χ3v) is 5.63. The van der Waals surface area contributed by atoms with E-state index in [-0.39, 0.29) is 24.1 Å². The topological polar surface area (TPSA) is 58.6 Å². The number of rotatable bonds is 6. The maximum absolute atomic E-state index is 13.2. The Bertz CT molecular complexity index is 1040. The van der Waals surface area contributed by atoms with Crippen molar-refractivity contribution in [3.05, 3.63) is 77.1 Å². The first-order valence-corrected chi connectivity index (χ1v) is 10.9. The SMILES string of the molecule is Cc1cccc(/C=C2/Oc3ccccc3N(CC(=O)NCCC3=CCCCC3)C2=O)c1. The Balaban J connectivity index is 1.48. The minimum atomic E-state index is -0.314. The fourth-order valence-corrected chi connectivity index (χ4v) is 4.02. The van der Waals surface area contributed by atoms with Gasteiger partial charge < -0.3 is 10.1 Å². The molecule has 1 heterocycles. The Labute approximate surface area is 183 Å². The van der Waals surface area contributed by atoms with E-state index in [1.165, 1.54) is 23.3 Å². The number of nitrogens with one attached hydrogen (secondary N) is 1. The van der Waals surface area contributed by atoms with Crippen LogP contribution in [-0.4, -0.2) is 24.9 Å². The van der Waals surface area contributed by atoms with Gasteiger partial charge >= 0.3 is 0 Å². The number of allylic oxidation sites excluding steroid dienone is 1. The average molecular weight is 417 g/mol. The van der Waals surface area contributed by atoms with Crippen LogP contribution in [-0.2, 0) is 9.59 Å². The first-order valence-electron chi connectivity index (χ1n) is 10.9. The second-order valence-corrected chi connectivity index (χ2v) is 8.09. The molecule has 160 valence electrons. The van der Waals surface area contributed by atoms with Crippen molar-refractivity contribution in [2.24, 2.45) is 0 Å². The number of para-hydroxylation sites is 2. The van der Waals surface area contributed by atoms with Gasteiger partial charge in [-0.1, -0.05) is 53.6 Å². The predicted molar refractivity (Wildman–Crippen MR) is 123 cm³/mol. The maximum Gasteiger partial charge on any atom is 0.294 e. The Kier molecular flexibility index (Phi) is 6.51. The lowest BCUT2D eigenvalue weighted by molar-refractivity contribution is -0.123. The van der Waals surface area contributed by atoms with Crippen LogP contribution in [0.25, 0.3) is 6.08 Å². The van der Waals surface area contributed by atoms with Crippen LogP contribution >= 0.6 is 0 Å². The van der Waals surface area contributed by atoms with Crippen molar-refractivity contribution in [3.63, 3.8) is 0 Å². The van der Waals surface area contributed by atoms with Crippen LogP contribution in [0.3, 0.4) is 0 Å². The van der Waals surface area contributed by atoms with Crippen molar-refractivity contribution in [3.8, 4) is 5.75 Å². The van der Waals surface area contributed by atoms with Gasteiger partial charge in [0.05, 0.1) is 5.69 Å². The monoisotopic (exact) mass is 416 g/mol. The number of carbonyl (C=O) groups is 2. The largest absolute Gasteiger partial charge is 0.449 e. The highest BCUT2D eigenvalue weighted by Crippen LogP contribution is 2.35. The summed E-state index contributed by atoms with van der Waals surface area (Å²) in [5, 5.41) is 2.97. The van der Waals surface area contributed by atoms with E-state index in [0.29, 0.717) is 18.0 Å². The van der Waals surface area contributed by atoms with Gasteiger partial charge in [0.2, 0.25) is 5.91 Å². The molecule has 2 aliphatic rings. The first-order chi connectivity index (χ1) is 15.1. The molecule has 0 aromatic heterocycles. The molecule has 1 aliphatic carbocycles. The molecule has 5 heteroatoms. The number of anilines is 1. The predicted octanol–water partition coefficient (Wildman–Crippen LogP) is 4.77. The highest BCUT2D eigenvalue weighted by molar-refractivity contribution is 6.12. The van der Waals surface area contributed by atoms with E-state index < -0.39 is 0 Å². The molecule has 0 fully saturated rings. The molecule has 2 aromatic carbocycles. The number of ether oxygens (including phenoxy) is 1. The lowest BCUT2D eigenvalue weighted by atomic mass is 9.97. The molecule has 4 rings (SSSR count). The second-order valence-electron chi connectivity index (χ2n) is 8.09. The molecule has 0 bridgehead atoms. The number of hydrogen-bond acceptors (Lipinski definition) is 3. The van der Waals surface area contributed by atoms with Crippen molar-refractivity contribution in [2.75, 3.05) is 18.0 Å². The summed E-state index contributed by atoms with van der Waals surface area (Å²) in [5.41, 5.74) is 4.01. The van der Waals surface area contributed by atoms with Crippen molar-refractivity contribution < 1.29 is 14.3 Å². The van der Waals surface area contributed by atoms with Gasteiger partial charge in [-0.2, -0.15) is 0 Å². The van der Waals surface area contributed by atoms with Crippen molar-refractivity contribution in [2.45, 2.75) is 39.0 Å². The molecule has 0 radical (unpaired) electrons. The van der Waals surface area contributed by atoms with Crippen LogP contribution in [0.5, 0.6) is 5.75 Å². The lowest BCUT2D eigenvalue weighted by Gasteiger charge is -2.30. The molecule has 1 N–H and O–H groups in total. The number of benzene rings is 2. The summed E-state index contributed by atoms with van der Waals surface area (Å²) in [6.45, 7) is 2.56. The van der Waals surface area contributed by atoms with Crippen LogP contribution in [0.4, 0.5) is 5.69 Å². The summed E-state index contributed by atoms with van der Waals surface area (Å²) >= 11 is 0. The van der Waals surface area contributed by atoms with Gasteiger partial charge in [-0.3, -0.25) is 14.5 Å². The van der Waals surface area contributed by atoms with Crippen molar-refractivity contribution in [1.82, 2.24) is 5.32 Å². The second kappa shape index (κ2) is 9.65. The van der Waals surface area contributed by atoms with E-state index in [4.69, 9.17) is 4.74 Å². The van der Waals surface area contributed by atoms with Crippen LogP contribution in [0.1, 0.15) is 43.2 Å². The van der Waals surface area contributed by atoms with E-state index in [1.54, 1.807) is 12.1 Å². The summed E-state index contributed by atoms with van der Waals surface area (Å²) < 4.78 is 5.89. The molecule has 0 saturated carbocycles. The zero-order chi connectivity index (χ0) is 21.6. The van der Waals surface area contributed by atoms with Crippen LogP contribution in [0.2, 0.25) is 0 Å². The molecule has 31 heavy (non-hydrogen) atoms. The van der Waals surface area contributed by atoms with Gasteiger partial charge in [-0.15, -0.1) is 0 Å². The van der Waals surface area contributed by atoms with E-state index in [9.17, 15) is 9.59 Å². The number of nitrogens with zero attached hydrogens (tertiary/aromatic N) is 1. The zero-order valence-electron chi connectivity index (χ0n) is 17.9. The minimum absolute atomic E-state index is 0.0383. The fraction of sp³-hybridized carbons (Fsp3) is 0.308. The summed E-state index contributed by atoms with van der Waals surface area (Å²) in [7, 11) is 0. The number of amides is 2. The quantitative estimate of drug-likeness (QED) is 0.545. The standard InChI is InChI=1S/C26H28N2O3/c1-19-8-7-11-21(16-19)17-24-26(30)28(22-12-5-6-13-23(22)31-24)18-25(29)27-15-14-20-9-3-2-4-10-20/h5-9,11-13,16-17H,2-4,10,14-15,18H2,1H3,(H,27,29)/b24-17+. The molecule has 0 atom stereocenters. The maximum atomic E-state index is 13.2. The first kappa shape index (κ1) is 20.9. The molecule has 2 aromatic rings. The number of carbonyl (C=O) groups excluding carboxylic acids is 2. The van der Waals surface area contributed by atoms with Gasteiger partial charge in [0.25, 0.3) is 5.91 Å². The molecule has 0 saturated heterocycles. The van der Waals surface area contributed by atoms with E-state index >= 15 is 0 Å². The number of hydrogen-bond donors (Lipinski definition) is 1. The molecular formula is C26H28N2O3. The molecule has 0 spiro atoms. The normalized spacial score (nSPS) is 17.1. The van der Waals surface area contributed by atoms with Gasteiger partial charge in [-0.25, -0.2) is 0 Å². The molecule has 1 aliphatic heterocycles. The van der Waals surface area contributed by atoms with Gasteiger partial charge in [-0.05, 0) is 62.8 Å².